The maximum atomic E-state index is 13.1. The van der Waals surface area contributed by atoms with Crippen molar-refractivity contribution < 1.29 is 4.39 Å². The molecule has 7 nitrogen and oxygen atoms in total. The molecular weight excluding hydrogens is 321 g/mol. The molecule has 3 heterocycles. The van der Waals surface area contributed by atoms with E-state index in [1.165, 1.54) is 12.1 Å². The molecule has 2 aromatic heterocycles. The van der Waals surface area contributed by atoms with Crippen LogP contribution in [0.3, 0.4) is 0 Å². The highest BCUT2D eigenvalue weighted by atomic mass is 19.1. The highest BCUT2D eigenvalue weighted by Gasteiger charge is 2.29. The molecule has 0 radical (unpaired) electrons. The average Bonchev–Trinajstić information content (AvgIpc) is 3.21. The molecule has 1 saturated heterocycles. The van der Waals surface area contributed by atoms with Crippen LogP contribution < -0.4 is 10.9 Å². The van der Waals surface area contributed by atoms with Gasteiger partial charge in [0.2, 0.25) is 0 Å². The number of rotatable bonds is 5. The highest BCUT2D eigenvalue weighted by molar-refractivity contribution is 5.25. The van der Waals surface area contributed by atoms with Gasteiger partial charge in [0, 0.05) is 31.4 Å². The fraction of sp³-hybridized carbons (Fsp3) is 0.353. The predicted molar refractivity (Wildman–Crippen MR) is 90.9 cm³/mol. The molecule has 0 amide bonds. The molecule has 1 aromatic carbocycles. The Morgan fingerprint density at radius 2 is 2.16 bits per heavy atom. The zero-order valence-electron chi connectivity index (χ0n) is 13.9. The summed E-state index contributed by atoms with van der Waals surface area (Å²) < 4.78 is 14.8. The smallest absolute Gasteiger partial charge is 0.252 e. The van der Waals surface area contributed by atoms with E-state index >= 15 is 0 Å². The molecule has 0 aliphatic carbocycles. The first-order chi connectivity index (χ1) is 12.2. The van der Waals surface area contributed by atoms with Crippen molar-refractivity contribution in [1.82, 2.24) is 35.3 Å². The van der Waals surface area contributed by atoms with E-state index < -0.39 is 0 Å². The van der Waals surface area contributed by atoms with Crippen molar-refractivity contribution in [3.05, 3.63) is 59.9 Å². The molecule has 130 valence electrons. The minimum absolute atomic E-state index is 0.152. The summed E-state index contributed by atoms with van der Waals surface area (Å²) in [7, 11) is 2.05. The van der Waals surface area contributed by atoms with Gasteiger partial charge in [0.05, 0.1) is 12.6 Å². The molecule has 3 aromatic rings. The highest BCUT2D eigenvalue weighted by Crippen LogP contribution is 2.25. The van der Waals surface area contributed by atoms with Crippen molar-refractivity contribution >= 4 is 5.78 Å². The minimum Gasteiger partial charge on any atom is -0.299 e. The maximum Gasteiger partial charge on any atom is 0.252 e. The predicted octanol–water partition coefficient (Wildman–Crippen LogP) is 1.16. The van der Waals surface area contributed by atoms with E-state index in [1.807, 2.05) is 24.4 Å². The molecular formula is C17H20FN7. The number of halogens is 1. The molecule has 1 fully saturated rings. The van der Waals surface area contributed by atoms with Gasteiger partial charge in [-0.05, 0) is 30.8 Å². The lowest BCUT2D eigenvalue weighted by molar-refractivity contribution is 0.257. The van der Waals surface area contributed by atoms with Gasteiger partial charge in [0.25, 0.3) is 5.78 Å². The van der Waals surface area contributed by atoms with E-state index in [0.29, 0.717) is 18.2 Å². The number of hydrazine groups is 1. The first-order valence-electron chi connectivity index (χ1n) is 8.28. The van der Waals surface area contributed by atoms with Crippen LogP contribution in [0, 0.1) is 11.7 Å². The van der Waals surface area contributed by atoms with Crippen molar-refractivity contribution in [2.75, 3.05) is 20.1 Å². The van der Waals surface area contributed by atoms with Gasteiger partial charge in [0.15, 0.2) is 5.82 Å². The van der Waals surface area contributed by atoms with Crippen molar-refractivity contribution in [1.29, 1.82) is 0 Å². The van der Waals surface area contributed by atoms with E-state index in [9.17, 15) is 4.39 Å². The Hall–Kier alpha value is -2.42. The lowest BCUT2D eigenvalue weighted by Gasteiger charge is -2.24. The van der Waals surface area contributed by atoms with Gasteiger partial charge in [-0.3, -0.25) is 10.3 Å². The minimum atomic E-state index is -0.213. The van der Waals surface area contributed by atoms with Gasteiger partial charge in [-0.25, -0.2) is 19.3 Å². The summed E-state index contributed by atoms with van der Waals surface area (Å²) >= 11 is 0. The van der Waals surface area contributed by atoms with Crippen LogP contribution in [0.2, 0.25) is 0 Å². The van der Waals surface area contributed by atoms with E-state index in [0.717, 1.165) is 24.5 Å². The number of hydrogen-bond donors (Lipinski definition) is 2. The summed E-state index contributed by atoms with van der Waals surface area (Å²) in [6.45, 7) is 2.37. The Morgan fingerprint density at radius 3 is 2.96 bits per heavy atom. The summed E-state index contributed by atoms with van der Waals surface area (Å²) in [5.74, 6) is 1.51. The largest absolute Gasteiger partial charge is 0.299 e. The van der Waals surface area contributed by atoms with Gasteiger partial charge in [0.1, 0.15) is 5.82 Å². The van der Waals surface area contributed by atoms with Crippen LogP contribution in [0.15, 0.2) is 42.7 Å². The Kier molecular flexibility index (Phi) is 4.39. The monoisotopic (exact) mass is 341 g/mol. The zero-order chi connectivity index (χ0) is 17.2. The van der Waals surface area contributed by atoms with Crippen molar-refractivity contribution in [2.45, 2.75) is 12.6 Å². The molecule has 2 atom stereocenters. The van der Waals surface area contributed by atoms with E-state index in [1.54, 1.807) is 10.7 Å². The van der Waals surface area contributed by atoms with Gasteiger partial charge in [-0.15, -0.1) is 5.10 Å². The molecule has 2 N–H and O–H groups in total. The van der Waals surface area contributed by atoms with Crippen LogP contribution in [0.1, 0.15) is 17.4 Å². The second kappa shape index (κ2) is 6.83. The van der Waals surface area contributed by atoms with Crippen LogP contribution in [-0.2, 0) is 6.54 Å². The van der Waals surface area contributed by atoms with Gasteiger partial charge in [-0.2, -0.15) is 4.98 Å². The molecule has 8 heteroatoms. The van der Waals surface area contributed by atoms with Crippen molar-refractivity contribution in [3.63, 3.8) is 0 Å². The second-order valence-electron chi connectivity index (χ2n) is 6.40. The third kappa shape index (κ3) is 3.51. The Labute approximate surface area is 144 Å². The number of nitrogens with zero attached hydrogens (tertiary/aromatic N) is 5. The molecule has 4 rings (SSSR count). The number of nitrogens with one attached hydrogen (secondary N) is 2. The molecule has 25 heavy (non-hydrogen) atoms. The third-order valence-electron chi connectivity index (χ3n) is 4.44. The van der Waals surface area contributed by atoms with Crippen LogP contribution in [-0.4, -0.2) is 44.6 Å². The molecule has 0 bridgehead atoms. The normalized spacial score (nSPS) is 20.6. The van der Waals surface area contributed by atoms with Gasteiger partial charge >= 0.3 is 0 Å². The lowest BCUT2D eigenvalue weighted by atomic mass is 9.94. The molecule has 2 unspecified atom stereocenters. The lowest BCUT2D eigenvalue weighted by Crippen LogP contribution is -2.30. The summed E-state index contributed by atoms with van der Waals surface area (Å²) in [5.41, 5.74) is 7.58. The summed E-state index contributed by atoms with van der Waals surface area (Å²) in [4.78, 5) is 10.8. The first kappa shape index (κ1) is 16.1. The van der Waals surface area contributed by atoms with Crippen molar-refractivity contribution in [2.24, 2.45) is 5.92 Å². The van der Waals surface area contributed by atoms with Crippen LogP contribution in [0.5, 0.6) is 0 Å². The van der Waals surface area contributed by atoms with Crippen LogP contribution in [0.4, 0.5) is 4.39 Å². The first-order valence-corrected chi connectivity index (χ1v) is 8.28. The number of hydrogen-bond acceptors (Lipinski definition) is 6. The van der Waals surface area contributed by atoms with Crippen LogP contribution in [0.25, 0.3) is 5.78 Å². The molecule has 1 aliphatic rings. The van der Waals surface area contributed by atoms with Crippen LogP contribution >= 0.6 is 0 Å². The fourth-order valence-corrected chi connectivity index (χ4v) is 3.28. The van der Waals surface area contributed by atoms with E-state index in [4.69, 9.17) is 0 Å². The second-order valence-corrected chi connectivity index (χ2v) is 6.40. The Morgan fingerprint density at radius 1 is 1.32 bits per heavy atom. The molecule has 0 saturated carbocycles. The fourth-order valence-electron chi connectivity index (χ4n) is 3.28. The molecule has 1 aliphatic heterocycles. The Balaban J connectivity index is 1.42. The third-order valence-corrected chi connectivity index (χ3v) is 4.44. The number of fused-ring (bicyclic) bond motifs is 1. The summed E-state index contributed by atoms with van der Waals surface area (Å²) in [6.07, 6.45) is 3.55. The summed E-state index contributed by atoms with van der Waals surface area (Å²) in [6, 6.07) is 8.66. The SMILES string of the molecule is CN(Cc1nc2ncccn2n1)CC1CNNC1c1ccc(F)cc1. The van der Waals surface area contributed by atoms with E-state index in [-0.39, 0.29) is 11.9 Å². The number of benzene rings is 1. The van der Waals surface area contributed by atoms with Gasteiger partial charge in [-0.1, -0.05) is 12.1 Å². The van der Waals surface area contributed by atoms with Crippen molar-refractivity contribution in [3.8, 4) is 0 Å². The standard InChI is InChI=1S/C17H20FN7/c1-24(11-15-21-17-19-7-2-8-25(17)23-15)10-13-9-20-22-16(13)12-3-5-14(18)6-4-12/h2-8,13,16,20,22H,9-11H2,1H3. The maximum absolute atomic E-state index is 13.1. The van der Waals surface area contributed by atoms with Gasteiger partial charge < -0.3 is 0 Å². The van der Waals surface area contributed by atoms with E-state index in [2.05, 4.69) is 37.9 Å². The topological polar surface area (TPSA) is 70.4 Å². The summed E-state index contributed by atoms with van der Waals surface area (Å²) in [5, 5.41) is 4.44. The quantitative estimate of drug-likeness (QED) is 0.726. The zero-order valence-corrected chi connectivity index (χ0v) is 13.9. The Bertz CT molecular complexity index is 815. The average molecular weight is 341 g/mol. The molecule has 0 spiro atoms. The number of aromatic nitrogens is 4.